The van der Waals surface area contributed by atoms with Gasteiger partial charge in [-0.05, 0) is 31.9 Å². The highest BCUT2D eigenvalue weighted by molar-refractivity contribution is 7.98. The lowest BCUT2D eigenvalue weighted by atomic mass is 10.1. The zero-order valence-corrected chi connectivity index (χ0v) is 13.0. The summed E-state index contributed by atoms with van der Waals surface area (Å²) in [6.07, 6.45) is 2.60. The smallest absolute Gasteiger partial charge is 0.139 e. The Bertz CT molecular complexity index is 680. The van der Waals surface area contributed by atoms with Crippen LogP contribution in [-0.2, 0) is 18.8 Å². The minimum atomic E-state index is 0.698. The first-order chi connectivity index (χ1) is 10.3. The van der Waals surface area contributed by atoms with Crippen LogP contribution in [0.1, 0.15) is 47.1 Å². The predicted molar refractivity (Wildman–Crippen MR) is 85.3 cm³/mol. The van der Waals surface area contributed by atoms with E-state index in [0.29, 0.717) is 5.92 Å². The number of hydrogen-bond donors (Lipinski definition) is 1. The Kier molecular flexibility index (Phi) is 3.43. The van der Waals surface area contributed by atoms with Crippen LogP contribution < -0.4 is 5.32 Å². The van der Waals surface area contributed by atoms with E-state index in [-0.39, 0.29) is 0 Å². The summed E-state index contributed by atoms with van der Waals surface area (Å²) in [5, 5.41) is 3.41. The zero-order chi connectivity index (χ0) is 14.2. The molecule has 1 fully saturated rings. The molecular formula is C17H19N3S. The summed E-state index contributed by atoms with van der Waals surface area (Å²) in [5.41, 5.74) is 5.23. The van der Waals surface area contributed by atoms with Crippen molar-refractivity contribution < 1.29 is 0 Å². The second kappa shape index (κ2) is 5.43. The van der Waals surface area contributed by atoms with Crippen molar-refractivity contribution in [2.45, 2.75) is 49.4 Å². The van der Waals surface area contributed by atoms with Crippen molar-refractivity contribution in [2.75, 3.05) is 0 Å². The van der Waals surface area contributed by atoms with Gasteiger partial charge in [0.1, 0.15) is 5.82 Å². The average Bonchev–Trinajstić information content (AvgIpc) is 3.22. The molecule has 0 bridgehead atoms. The molecule has 1 aliphatic carbocycles. The molecule has 2 aromatic rings. The largest absolute Gasteiger partial charge is 0.307 e. The molecule has 1 N–H and O–H groups in total. The van der Waals surface area contributed by atoms with Crippen LogP contribution in [0.15, 0.2) is 29.2 Å². The van der Waals surface area contributed by atoms with Gasteiger partial charge in [-0.3, -0.25) is 0 Å². The minimum absolute atomic E-state index is 0.698. The van der Waals surface area contributed by atoms with Crippen molar-refractivity contribution in [2.24, 2.45) is 0 Å². The second-order valence-electron chi connectivity index (χ2n) is 5.93. The molecule has 0 amide bonds. The molecule has 1 saturated carbocycles. The van der Waals surface area contributed by atoms with Crippen molar-refractivity contribution in [3.05, 3.63) is 52.6 Å². The molecule has 2 aliphatic rings. The van der Waals surface area contributed by atoms with Gasteiger partial charge >= 0.3 is 0 Å². The third-order valence-electron chi connectivity index (χ3n) is 4.09. The minimum Gasteiger partial charge on any atom is -0.307 e. The van der Waals surface area contributed by atoms with E-state index < -0.39 is 0 Å². The summed E-state index contributed by atoms with van der Waals surface area (Å²) < 4.78 is 0. The van der Waals surface area contributed by atoms with Crippen LogP contribution in [0.3, 0.4) is 0 Å². The number of aromatic nitrogens is 2. The summed E-state index contributed by atoms with van der Waals surface area (Å²) in [6, 6.07) is 8.63. The van der Waals surface area contributed by atoms with Crippen molar-refractivity contribution in [3.63, 3.8) is 0 Å². The molecule has 3 nitrogen and oxygen atoms in total. The van der Waals surface area contributed by atoms with Gasteiger partial charge in [-0.2, -0.15) is 0 Å². The summed E-state index contributed by atoms with van der Waals surface area (Å²) in [7, 11) is 0. The molecule has 21 heavy (non-hydrogen) atoms. The maximum absolute atomic E-state index is 4.87. The highest BCUT2D eigenvalue weighted by Crippen LogP contribution is 2.42. The highest BCUT2D eigenvalue weighted by atomic mass is 32.2. The van der Waals surface area contributed by atoms with Crippen molar-refractivity contribution >= 4 is 11.8 Å². The molecule has 0 radical (unpaired) electrons. The van der Waals surface area contributed by atoms with E-state index >= 15 is 0 Å². The fourth-order valence-corrected chi connectivity index (χ4v) is 3.73. The lowest BCUT2D eigenvalue weighted by molar-refractivity contribution is 0.755. The third-order valence-corrected chi connectivity index (χ3v) is 5.08. The maximum Gasteiger partial charge on any atom is 0.139 e. The Hall–Kier alpha value is -1.39. The van der Waals surface area contributed by atoms with E-state index in [1.54, 1.807) is 0 Å². The zero-order valence-electron chi connectivity index (χ0n) is 12.2. The SMILES string of the molecule is Cc1cccc(SCc2nc3c(c(C4CC4)n2)CNC3)c1. The molecule has 0 unspecified atom stereocenters. The van der Waals surface area contributed by atoms with Gasteiger partial charge in [0.25, 0.3) is 0 Å². The highest BCUT2D eigenvalue weighted by Gasteiger charge is 2.31. The molecule has 0 spiro atoms. The molecule has 2 heterocycles. The van der Waals surface area contributed by atoms with Crippen LogP contribution in [0.5, 0.6) is 0 Å². The lowest BCUT2D eigenvalue weighted by Gasteiger charge is -2.09. The molecule has 1 aliphatic heterocycles. The van der Waals surface area contributed by atoms with E-state index in [2.05, 4.69) is 36.5 Å². The molecule has 4 heteroatoms. The Morgan fingerprint density at radius 3 is 2.95 bits per heavy atom. The Morgan fingerprint density at radius 2 is 2.14 bits per heavy atom. The van der Waals surface area contributed by atoms with Crippen molar-refractivity contribution in [1.82, 2.24) is 15.3 Å². The fourth-order valence-electron chi connectivity index (χ4n) is 2.86. The molecule has 108 valence electrons. The molecule has 1 aromatic carbocycles. The summed E-state index contributed by atoms with van der Waals surface area (Å²) >= 11 is 1.83. The molecule has 0 atom stereocenters. The molecule has 1 aromatic heterocycles. The van der Waals surface area contributed by atoms with Crippen LogP contribution in [0.25, 0.3) is 0 Å². The second-order valence-corrected chi connectivity index (χ2v) is 6.98. The van der Waals surface area contributed by atoms with Gasteiger partial charge in [-0.25, -0.2) is 9.97 Å². The van der Waals surface area contributed by atoms with E-state index in [9.17, 15) is 0 Å². The Balaban J connectivity index is 1.56. The number of benzene rings is 1. The van der Waals surface area contributed by atoms with Gasteiger partial charge in [-0.15, -0.1) is 11.8 Å². The van der Waals surface area contributed by atoms with E-state index in [0.717, 1.165) is 24.7 Å². The van der Waals surface area contributed by atoms with E-state index in [1.807, 2.05) is 11.8 Å². The number of nitrogens with zero attached hydrogens (tertiary/aromatic N) is 2. The Morgan fingerprint density at radius 1 is 1.24 bits per heavy atom. The number of hydrogen-bond acceptors (Lipinski definition) is 4. The molecular weight excluding hydrogens is 278 g/mol. The van der Waals surface area contributed by atoms with Gasteiger partial charge in [0.05, 0.1) is 17.1 Å². The van der Waals surface area contributed by atoms with Crippen LogP contribution >= 0.6 is 11.8 Å². The monoisotopic (exact) mass is 297 g/mol. The first-order valence-corrected chi connectivity index (χ1v) is 8.57. The normalized spacial score (nSPS) is 17.0. The molecule has 4 rings (SSSR count). The topological polar surface area (TPSA) is 37.8 Å². The molecule has 0 saturated heterocycles. The number of nitrogens with one attached hydrogen (secondary N) is 1. The average molecular weight is 297 g/mol. The van der Waals surface area contributed by atoms with E-state index in [1.165, 1.54) is 40.3 Å². The Labute approximate surface area is 129 Å². The first-order valence-electron chi connectivity index (χ1n) is 7.58. The van der Waals surface area contributed by atoms with Gasteiger partial charge < -0.3 is 5.32 Å². The van der Waals surface area contributed by atoms with Gasteiger partial charge in [0.15, 0.2) is 0 Å². The van der Waals surface area contributed by atoms with Crippen LogP contribution in [-0.4, -0.2) is 9.97 Å². The summed E-state index contributed by atoms with van der Waals surface area (Å²) in [4.78, 5) is 10.9. The summed E-state index contributed by atoms with van der Waals surface area (Å²) in [6.45, 7) is 3.99. The van der Waals surface area contributed by atoms with Gasteiger partial charge in [-0.1, -0.05) is 17.7 Å². The number of thioether (sulfide) groups is 1. The third kappa shape index (κ3) is 2.83. The van der Waals surface area contributed by atoms with Crippen molar-refractivity contribution in [3.8, 4) is 0 Å². The number of rotatable bonds is 4. The fraction of sp³-hybridized carbons (Fsp3) is 0.412. The van der Waals surface area contributed by atoms with Gasteiger partial charge in [0.2, 0.25) is 0 Å². The maximum atomic E-state index is 4.87. The summed E-state index contributed by atoms with van der Waals surface area (Å²) in [5.74, 6) is 2.55. The van der Waals surface area contributed by atoms with Crippen molar-refractivity contribution in [1.29, 1.82) is 0 Å². The quantitative estimate of drug-likeness (QED) is 0.876. The predicted octanol–water partition coefficient (Wildman–Crippen LogP) is 3.56. The number of fused-ring (bicyclic) bond motifs is 1. The van der Waals surface area contributed by atoms with Crippen LogP contribution in [0.2, 0.25) is 0 Å². The van der Waals surface area contributed by atoms with E-state index in [4.69, 9.17) is 9.97 Å². The first kappa shape index (κ1) is 13.3. The van der Waals surface area contributed by atoms with Crippen LogP contribution in [0, 0.1) is 6.92 Å². The van der Waals surface area contributed by atoms with Crippen LogP contribution in [0.4, 0.5) is 0 Å². The number of aryl methyl sites for hydroxylation is 1. The standard InChI is InChI=1S/C17H19N3S/c1-11-3-2-4-13(7-11)21-10-16-19-15-9-18-8-14(15)17(20-16)12-5-6-12/h2-4,7,12,18H,5-6,8-10H2,1H3. The lowest BCUT2D eigenvalue weighted by Crippen LogP contribution is -2.04. The van der Waals surface area contributed by atoms with Gasteiger partial charge in [0, 0.05) is 29.5 Å².